The van der Waals surface area contributed by atoms with Gasteiger partial charge in [0.05, 0.1) is 6.54 Å². The molecule has 31 heavy (non-hydrogen) atoms. The molecule has 2 aromatic rings. The van der Waals surface area contributed by atoms with Gasteiger partial charge in [-0.15, -0.1) is 0 Å². The average molecular weight is 434 g/mol. The van der Waals surface area contributed by atoms with Crippen molar-refractivity contribution in [1.29, 1.82) is 0 Å². The second-order valence-corrected chi connectivity index (χ2v) is 7.98. The summed E-state index contributed by atoms with van der Waals surface area (Å²) >= 11 is 0. The SMILES string of the molecule is CCN(Cc1ccccc1NC(=O)C(C)Oc1ccc(F)c(F)c1)C(=O)OC(C)(C)C. The van der Waals surface area contributed by atoms with E-state index in [1.807, 2.05) is 6.92 Å². The molecule has 0 spiro atoms. The van der Waals surface area contributed by atoms with Crippen molar-refractivity contribution in [2.75, 3.05) is 11.9 Å². The largest absolute Gasteiger partial charge is 0.481 e. The molecule has 0 fully saturated rings. The number of anilines is 1. The third-order valence-electron chi connectivity index (χ3n) is 4.24. The molecule has 2 amide bonds. The zero-order chi connectivity index (χ0) is 23.2. The van der Waals surface area contributed by atoms with Gasteiger partial charge in [0.25, 0.3) is 5.91 Å². The molecule has 2 rings (SSSR count). The highest BCUT2D eigenvalue weighted by Gasteiger charge is 2.23. The summed E-state index contributed by atoms with van der Waals surface area (Å²) in [6.45, 7) is 9.37. The molecule has 0 saturated carbocycles. The lowest BCUT2D eigenvalue weighted by molar-refractivity contribution is -0.122. The molecule has 0 bridgehead atoms. The van der Waals surface area contributed by atoms with Gasteiger partial charge in [-0.3, -0.25) is 4.79 Å². The summed E-state index contributed by atoms with van der Waals surface area (Å²) in [6.07, 6.45) is -1.42. The highest BCUT2D eigenvalue weighted by molar-refractivity contribution is 5.94. The summed E-state index contributed by atoms with van der Waals surface area (Å²) in [5.74, 6) is -2.49. The summed E-state index contributed by atoms with van der Waals surface area (Å²) in [7, 11) is 0. The average Bonchev–Trinajstić information content (AvgIpc) is 2.68. The molecule has 0 radical (unpaired) electrons. The van der Waals surface area contributed by atoms with Crippen LogP contribution in [-0.2, 0) is 16.1 Å². The van der Waals surface area contributed by atoms with Crippen LogP contribution in [0.15, 0.2) is 42.5 Å². The van der Waals surface area contributed by atoms with Crippen molar-refractivity contribution in [2.45, 2.75) is 52.9 Å². The lowest BCUT2D eigenvalue weighted by Crippen LogP contribution is -2.36. The molecule has 0 saturated heterocycles. The molecular formula is C23H28F2N2O4. The number of carbonyl (C=O) groups excluding carboxylic acids is 2. The van der Waals surface area contributed by atoms with E-state index in [1.54, 1.807) is 45.0 Å². The molecule has 0 aliphatic carbocycles. The number of hydrogen-bond donors (Lipinski definition) is 1. The Labute approximate surface area is 181 Å². The second-order valence-electron chi connectivity index (χ2n) is 7.98. The van der Waals surface area contributed by atoms with E-state index in [9.17, 15) is 18.4 Å². The minimum Gasteiger partial charge on any atom is -0.481 e. The Morgan fingerprint density at radius 3 is 2.39 bits per heavy atom. The number of para-hydroxylation sites is 1. The van der Waals surface area contributed by atoms with E-state index in [4.69, 9.17) is 9.47 Å². The van der Waals surface area contributed by atoms with Crippen LogP contribution in [0.4, 0.5) is 19.3 Å². The summed E-state index contributed by atoms with van der Waals surface area (Å²) in [5.41, 5.74) is 0.601. The van der Waals surface area contributed by atoms with Crippen molar-refractivity contribution in [3.05, 3.63) is 59.7 Å². The zero-order valence-corrected chi connectivity index (χ0v) is 18.4. The van der Waals surface area contributed by atoms with Gasteiger partial charge in [-0.1, -0.05) is 18.2 Å². The van der Waals surface area contributed by atoms with E-state index in [-0.39, 0.29) is 12.3 Å². The maximum Gasteiger partial charge on any atom is 0.410 e. The van der Waals surface area contributed by atoms with E-state index in [0.717, 1.165) is 12.1 Å². The van der Waals surface area contributed by atoms with Crippen molar-refractivity contribution in [1.82, 2.24) is 4.90 Å². The molecule has 8 heteroatoms. The fraction of sp³-hybridized carbons (Fsp3) is 0.391. The van der Waals surface area contributed by atoms with Gasteiger partial charge >= 0.3 is 6.09 Å². The predicted molar refractivity (Wildman–Crippen MR) is 114 cm³/mol. The first-order valence-electron chi connectivity index (χ1n) is 9.98. The normalized spacial score (nSPS) is 12.1. The van der Waals surface area contributed by atoms with Crippen molar-refractivity contribution in [2.24, 2.45) is 0 Å². The van der Waals surface area contributed by atoms with Crippen LogP contribution in [0.2, 0.25) is 0 Å². The Kier molecular flexibility index (Phi) is 7.96. The predicted octanol–water partition coefficient (Wildman–Crippen LogP) is 5.13. The van der Waals surface area contributed by atoms with E-state index < -0.39 is 35.3 Å². The first-order valence-corrected chi connectivity index (χ1v) is 9.98. The quantitative estimate of drug-likeness (QED) is 0.656. The van der Waals surface area contributed by atoms with Crippen molar-refractivity contribution >= 4 is 17.7 Å². The highest BCUT2D eigenvalue weighted by Crippen LogP contribution is 2.21. The van der Waals surface area contributed by atoms with Crippen LogP contribution in [0.5, 0.6) is 5.75 Å². The number of carbonyl (C=O) groups is 2. The number of rotatable bonds is 7. The van der Waals surface area contributed by atoms with E-state index in [0.29, 0.717) is 17.8 Å². The van der Waals surface area contributed by atoms with Crippen molar-refractivity contribution in [3.8, 4) is 5.75 Å². The maximum absolute atomic E-state index is 13.4. The van der Waals surface area contributed by atoms with Crippen LogP contribution in [0.25, 0.3) is 0 Å². The molecular weight excluding hydrogens is 406 g/mol. The van der Waals surface area contributed by atoms with Gasteiger partial charge in [0.2, 0.25) is 0 Å². The fourth-order valence-electron chi connectivity index (χ4n) is 2.66. The standard InChI is InChI=1S/C23H28F2N2O4/c1-6-27(22(29)31-23(3,4)5)14-16-9-7-8-10-20(16)26-21(28)15(2)30-17-11-12-18(24)19(25)13-17/h7-13,15H,6,14H2,1-5H3,(H,26,28). The number of halogens is 2. The highest BCUT2D eigenvalue weighted by atomic mass is 19.2. The van der Waals surface area contributed by atoms with Crippen LogP contribution in [-0.4, -0.2) is 35.2 Å². The van der Waals surface area contributed by atoms with E-state index >= 15 is 0 Å². The number of hydrogen-bond acceptors (Lipinski definition) is 4. The summed E-state index contributed by atoms with van der Waals surface area (Å²) in [5, 5.41) is 2.76. The lowest BCUT2D eigenvalue weighted by atomic mass is 10.1. The van der Waals surface area contributed by atoms with Crippen LogP contribution >= 0.6 is 0 Å². The van der Waals surface area contributed by atoms with Crippen LogP contribution in [0, 0.1) is 11.6 Å². The Bertz CT molecular complexity index is 928. The first-order chi connectivity index (χ1) is 14.5. The van der Waals surface area contributed by atoms with Crippen LogP contribution in [0.1, 0.15) is 40.2 Å². The van der Waals surface area contributed by atoms with Gasteiger partial charge < -0.3 is 19.7 Å². The number of amides is 2. The molecule has 2 aromatic carbocycles. The Morgan fingerprint density at radius 1 is 1.10 bits per heavy atom. The number of ether oxygens (including phenoxy) is 2. The van der Waals surface area contributed by atoms with Crippen LogP contribution < -0.4 is 10.1 Å². The minimum atomic E-state index is -1.06. The topological polar surface area (TPSA) is 67.9 Å². The van der Waals surface area contributed by atoms with Gasteiger partial charge in [-0.2, -0.15) is 0 Å². The Morgan fingerprint density at radius 2 is 1.77 bits per heavy atom. The summed E-state index contributed by atoms with van der Waals surface area (Å²) in [6, 6.07) is 10.1. The smallest absolute Gasteiger partial charge is 0.410 e. The van der Waals surface area contributed by atoms with E-state index in [2.05, 4.69) is 5.32 Å². The molecule has 1 atom stereocenters. The molecule has 168 valence electrons. The second kappa shape index (κ2) is 10.2. The van der Waals surface area contributed by atoms with Gasteiger partial charge in [0, 0.05) is 18.3 Å². The first kappa shape index (κ1) is 24.1. The monoisotopic (exact) mass is 434 g/mol. The molecule has 1 unspecified atom stereocenters. The van der Waals surface area contributed by atoms with Gasteiger partial charge in [-0.25, -0.2) is 13.6 Å². The molecule has 6 nitrogen and oxygen atoms in total. The third kappa shape index (κ3) is 7.24. The Balaban J connectivity index is 2.09. The van der Waals surface area contributed by atoms with Crippen LogP contribution in [0.3, 0.4) is 0 Å². The molecule has 1 N–H and O–H groups in total. The maximum atomic E-state index is 13.4. The molecule has 0 heterocycles. The molecule has 0 aliphatic heterocycles. The summed E-state index contributed by atoms with van der Waals surface area (Å²) in [4.78, 5) is 26.5. The number of benzene rings is 2. The number of nitrogens with one attached hydrogen (secondary N) is 1. The van der Waals surface area contributed by atoms with Gasteiger partial charge in [-0.05, 0) is 58.4 Å². The molecule has 0 aromatic heterocycles. The molecule has 0 aliphatic rings. The Hall–Kier alpha value is -3.16. The third-order valence-corrected chi connectivity index (χ3v) is 4.24. The lowest BCUT2D eigenvalue weighted by Gasteiger charge is -2.27. The van der Waals surface area contributed by atoms with Gasteiger partial charge in [0.1, 0.15) is 11.4 Å². The van der Waals surface area contributed by atoms with E-state index in [1.165, 1.54) is 17.9 Å². The fourth-order valence-corrected chi connectivity index (χ4v) is 2.66. The summed E-state index contributed by atoms with van der Waals surface area (Å²) < 4.78 is 37.3. The van der Waals surface area contributed by atoms with Crippen molar-refractivity contribution in [3.63, 3.8) is 0 Å². The minimum absolute atomic E-state index is 0.0388. The zero-order valence-electron chi connectivity index (χ0n) is 18.4. The van der Waals surface area contributed by atoms with Crippen molar-refractivity contribution < 1.29 is 27.8 Å². The number of nitrogens with zero attached hydrogens (tertiary/aromatic N) is 1. The van der Waals surface area contributed by atoms with Gasteiger partial charge in [0.15, 0.2) is 17.7 Å².